The van der Waals surface area contributed by atoms with Crippen molar-refractivity contribution in [1.29, 1.82) is 0 Å². The molecule has 7 heteroatoms. The quantitative estimate of drug-likeness (QED) is 0.751. The summed E-state index contributed by atoms with van der Waals surface area (Å²) >= 11 is 5.77. The number of hydrogen-bond donors (Lipinski definition) is 3. The molecule has 0 spiro atoms. The molecule has 0 saturated heterocycles. The Kier molecular flexibility index (Phi) is 4.45. The van der Waals surface area contributed by atoms with Crippen molar-refractivity contribution in [3.05, 3.63) is 64.9 Å². The van der Waals surface area contributed by atoms with Gasteiger partial charge in [-0.3, -0.25) is 4.57 Å². The van der Waals surface area contributed by atoms with E-state index in [2.05, 4.69) is 5.32 Å². The molecule has 0 aromatic heterocycles. The lowest BCUT2D eigenvalue weighted by molar-refractivity contribution is 0.361. The normalized spacial score (nSPS) is 13.0. The summed E-state index contributed by atoms with van der Waals surface area (Å²) in [7, 11) is -4.62. The fourth-order valence-electron chi connectivity index (χ4n) is 1.76. The fraction of sp³-hybridized carbons (Fsp3) is 0.0769. The molecule has 0 saturated carbocycles. The summed E-state index contributed by atoms with van der Waals surface area (Å²) in [6.45, 7) is 0. The highest BCUT2D eigenvalue weighted by atomic mass is 35.5. The van der Waals surface area contributed by atoms with E-state index >= 15 is 0 Å². The van der Waals surface area contributed by atoms with Crippen LogP contribution in [0.3, 0.4) is 0 Å². The Hall–Kier alpha value is -1.39. The van der Waals surface area contributed by atoms with E-state index in [-0.39, 0.29) is 10.6 Å². The van der Waals surface area contributed by atoms with Crippen LogP contribution in [-0.4, -0.2) is 9.79 Å². The zero-order chi connectivity index (χ0) is 14.8. The van der Waals surface area contributed by atoms with Gasteiger partial charge in [0, 0.05) is 16.3 Å². The van der Waals surface area contributed by atoms with Crippen molar-refractivity contribution in [2.45, 2.75) is 5.78 Å². The van der Waals surface area contributed by atoms with E-state index < -0.39 is 19.2 Å². The smallest absolute Gasteiger partial charge is 0.352 e. The van der Waals surface area contributed by atoms with Crippen molar-refractivity contribution in [2.75, 3.05) is 5.32 Å². The molecule has 0 fully saturated rings. The molecule has 0 amide bonds. The molecule has 1 atom stereocenters. The highest BCUT2D eigenvalue weighted by Gasteiger charge is 2.32. The van der Waals surface area contributed by atoms with Gasteiger partial charge in [-0.05, 0) is 30.3 Å². The van der Waals surface area contributed by atoms with E-state index in [1.54, 1.807) is 30.3 Å². The van der Waals surface area contributed by atoms with Crippen molar-refractivity contribution in [3.63, 3.8) is 0 Å². The van der Waals surface area contributed by atoms with Crippen LogP contribution in [0.5, 0.6) is 0 Å². The Morgan fingerprint density at radius 2 is 1.80 bits per heavy atom. The topological polar surface area (TPSA) is 69.6 Å². The Morgan fingerprint density at radius 1 is 1.15 bits per heavy atom. The molecule has 2 aromatic carbocycles. The molecule has 0 heterocycles. The lowest BCUT2D eigenvalue weighted by Crippen LogP contribution is -2.13. The number of rotatable bonds is 4. The number of anilines is 1. The number of halogens is 2. The monoisotopic (exact) mass is 315 g/mol. The largest absolute Gasteiger partial charge is 0.368 e. The van der Waals surface area contributed by atoms with E-state index in [1.807, 2.05) is 0 Å². The van der Waals surface area contributed by atoms with Gasteiger partial charge in [-0.2, -0.15) is 0 Å². The first-order valence-corrected chi connectivity index (χ1v) is 7.75. The van der Waals surface area contributed by atoms with Gasteiger partial charge in [-0.25, -0.2) is 4.39 Å². The standard InChI is InChI=1S/C13H12ClFNO3P/c14-9-6-7-12(15)11(8-9)13(20(17,18)19)16-10-4-2-1-3-5-10/h1-8,13,16H,(H2,17,18,19). The molecule has 106 valence electrons. The second kappa shape index (κ2) is 5.94. The summed E-state index contributed by atoms with van der Waals surface area (Å²) in [5.41, 5.74) is 0.301. The highest BCUT2D eigenvalue weighted by Crippen LogP contribution is 2.52. The van der Waals surface area contributed by atoms with Gasteiger partial charge in [-0.15, -0.1) is 0 Å². The minimum atomic E-state index is -4.62. The minimum absolute atomic E-state index is 0.172. The van der Waals surface area contributed by atoms with E-state index in [1.165, 1.54) is 12.1 Å². The van der Waals surface area contributed by atoms with Crippen LogP contribution in [0.1, 0.15) is 11.3 Å². The molecule has 20 heavy (non-hydrogen) atoms. The first kappa shape index (κ1) is 15.0. The van der Waals surface area contributed by atoms with Crippen LogP contribution in [0.2, 0.25) is 5.02 Å². The molecule has 0 aliphatic heterocycles. The average Bonchev–Trinajstić information content (AvgIpc) is 2.39. The fourth-order valence-corrected chi connectivity index (χ4v) is 2.82. The SMILES string of the molecule is O=P(O)(O)C(Nc1ccccc1)c1cc(Cl)ccc1F. The molecular formula is C13H12ClFNO3P. The summed E-state index contributed by atoms with van der Waals surface area (Å²) in [6.07, 6.45) is 0. The van der Waals surface area contributed by atoms with Crippen LogP contribution in [0.15, 0.2) is 48.5 Å². The molecule has 1 unspecified atom stereocenters. The van der Waals surface area contributed by atoms with E-state index in [9.17, 15) is 18.7 Å². The van der Waals surface area contributed by atoms with Crippen molar-refractivity contribution in [2.24, 2.45) is 0 Å². The number of nitrogens with one attached hydrogen (secondary N) is 1. The Balaban J connectivity index is 2.43. The lowest BCUT2D eigenvalue weighted by atomic mass is 10.2. The van der Waals surface area contributed by atoms with E-state index in [0.29, 0.717) is 5.69 Å². The van der Waals surface area contributed by atoms with Gasteiger partial charge in [0.1, 0.15) is 5.82 Å². The Morgan fingerprint density at radius 3 is 2.40 bits per heavy atom. The molecule has 0 aliphatic carbocycles. The third-order valence-corrected chi connectivity index (χ3v) is 3.98. The predicted molar refractivity (Wildman–Crippen MR) is 76.3 cm³/mol. The molecular weight excluding hydrogens is 304 g/mol. The number of para-hydroxylation sites is 1. The summed E-state index contributed by atoms with van der Waals surface area (Å²) < 4.78 is 25.4. The van der Waals surface area contributed by atoms with Gasteiger partial charge in [-0.1, -0.05) is 29.8 Å². The van der Waals surface area contributed by atoms with Gasteiger partial charge < -0.3 is 15.1 Å². The number of hydrogen-bond acceptors (Lipinski definition) is 2. The second-order valence-corrected chi connectivity index (χ2v) is 6.30. The van der Waals surface area contributed by atoms with Crippen molar-refractivity contribution >= 4 is 24.9 Å². The van der Waals surface area contributed by atoms with Gasteiger partial charge in [0.25, 0.3) is 0 Å². The Bertz CT molecular complexity index is 647. The van der Waals surface area contributed by atoms with Crippen molar-refractivity contribution < 1.29 is 18.7 Å². The van der Waals surface area contributed by atoms with Crippen molar-refractivity contribution in [3.8, 4) is 0 Å². The third-order valence-electron chi connectivity index (χ3n) is 2.67. The summed E-state index contributed by atoms with van der Waals surface area (Å²) in [4.78, 5) is 18.9. The highest BCUT2D eigenvalue weighted by molar-refractivity contribution is 7.52. The molecule has 0 radical (unpaired) electrons. The predicted octanol–water partition coefficient (Wildman–Crippen LogP) is 3.77. The van der Waals surface area contributed by atoms with Crippen LogP contribution in [0, 0.1) is 5.82 Å². The maximum Gasteiger partial charge on any atom is 0.352 e. The van der Waals surface area contributed by atoms with Crippen LogP contribution >= 0.6 is 19.2 Å². The Labute approximate surface area is 120 Å². The first-order chi connectivity index (χ1) is 9.38. The van der Waals surface area contributed by atoms with Gasteiger partial charge in [0.2, 0.25) is 0 Å². The van der Waals surface area contributed by atoms with Crippen molar-refractivity contribution in [1.82, 2.24) is 0 Å². The zero-order valence-electron chi connectivity index (χ0n) is 10.2. The van der Waals surface area contributed by atoms with Gasteiger partial charge in [0.15, 0.2) is 5.78 Å². The summed E-state index contributed by atoms with van der Waals surface area (Å²) in [5, 5.41) is 2.84. The maximum absolute atomic E-state index is 13.8. The minimum Gasteiger partial charge on any atom is -0.368 e. The van der Waals surface area contributed by atoms with Gasteiger partial charge >= 0.3 is 7.60 Å². The molecule has 0 bridgehead atoms. The maximum atomic E-state index is 13.8. The van der Waals surface area contributed by atoms with E-state index in [4.69, 9.17) is 11.6 Å². The number of benzene rings is 2. The average molecular weight is 316 g/mol. The van der Waals surface area contributed by atoms with Crippen LogP contribution < -0.4 is 5.32 Å². The molecule has 2 rings (SSSR count). The van der Waals surface area contributed by atoms with E-state index in [0.717, 1.165) is 6.07 Å². The second-order valence-electron chi connectivity index (χ2n) is 4.17. The van der Waals surface area contributed by atoms with Gasteiger partial charge in [0.05, 0.1) is 0 Å². The molecule has 2 aromatic rings. The zero-order valence-corrected chi connectivity index (χ0v) is 11.9. The first-order valence-electron chi connectivity index (χ1n) is 5.69. The molecule has 0 aliphatic rings. The lowest BCUT2D eigenvalue weighted by Gasteiger charge is -2.22. The molecule has 4 nitrogen and oxygen atoms in total. The summed E-state index contributed by atoms with van der Waals surface area (Å²) in [5.74, 6) is -2.23. The third kappa shape index (κ3) is 3.58. The molecule has 3 N–H and O–H groups in total. The van der Waals surface area contributed by atoms with Crippen LogP contribution in [0.25, 0.3) is 0 Å². The summed E-state index contributed by atoms with van der Waals surface area (Å²) in [6, 6.07) is 12.0. The van der Waals surface area contributed by atoms with Crippen LogP contribution in [-0.2, 0) is 4.57 Å². The van der Waals surface area contributed by atoms with Crippen LogP contribution in [0.4, 0.5) is 10.1 Å².